The molecule has 1 aliphatic rings. The average Bonchev–Trinajstić information content (AvgIpc) is 2.28. The van der Waals surface area contributed by atoms with Gasteiger partial charge in [-0.3, -0.25) is 4.79 Å². The number of carbonyl (C=O) groups excluding carboxylic acids is 1. The predicted molar refractivity (Wildman–Crippen MR) is 61.5 cm³/mol. The Balaban J connectivity index is 2.14. The van der Waals surface area contributed by atoms with E-state index in [-0.39, 0.29) is 5.91 Å². The maximum Gasteiger partial charge on any atom is 0.245 e. The van der Waals surface area contributed by atoms with E-state index in [4.69, 9.17) is 0 Å². The summed E-state index contributed by atoms with van der Waals surface area (Å²) in [4.78, 5) is 13.5. The van der Waals surface area contributed by atoms with Crippen LogP contribution in [-0.2, 0) is 4.79 Å². The summed E-state index contributed by atoms with van der Waals surface area (Å²) < 4.78 is 0. The number of hydrogen-bond acceptors (Lipinski definition) is 3. The Kier molecular flexibility index (Phi) is 5.85. The molecule has 4 nitrogen and oxygen atoms in total. The van der Waals surface area contributed by atoms with E-state index >= 15 is 0 Å². The van der Waals surface area contributed by atoms with Crippen molar-refractivity contribution in [2.24, 2.45) is 0 Å². The molecule has 1 heterocycles. The lowest BCUT2D eigenvalue weighted by Gasteiger charge is -2.25. The Morgan fingerprint density at radius 2 is 2.20 bits per heavy atom. The van der Waals surface area contributed by atoms with Gasteiger partial charge in [0.2, 0.25) is 5.91 Å². The van der Waals surface area contributed by atoms with Crippen LogP contribution in [-0.4, -0.2) is 43.5 Å². The van der Waals surface area contributed by atoms with Crippen molar-refractivity contribution in [1.29, 1.82) is 0 Å². The third-order valence-electron chi connectivity index (χ3n) is 2.42. The van der Waals surface area contributed by atoms with Gasteiger partial charge in [-0.2, -0.15) is 0 Å². The molecule has 0 unspecified atom stereocenters. The number of unbranched alkanes of at least 4 members (excludes halogenated alkanes) is 1. The molecule has 86 valence electrons. The first-order valence-electron chi connectivity index (χ1n) is 5.73. The molecule has 0 radical (unpaired) electrons. The molecule has 15 heavy (non-hydrogen) atoms. The van der Waals surface area contributed by atoms with Gasteiger partial charge < -0.3 is 15.5 Å². The largest absolute Gasteiger partial charge is 0.375 e. The van der Waals surface area contributed by atoms with Crippen molar-refractivity contribution in [1.82, 2.24) is 15.5 Å². The normalized spacial score (nSPS) is 17.0. The van der Waals surface area contributed by atoms with E-state index in [0.717, 1.165) is 45.6 Å². The molecule has 0 bridgehead atoms. The van der Waals surface area contributed by atoms with Gasteiger partial charge in [-0.25, -0.2) is 0 Å². The van der Waals surface area contributed by atoms with Crippen LogP contribution in [0, 0.1) is 0 Å². The fraction of sp³-hybridized carbons (Fsp3) is 0.727. The lowest BCUT2D eigenvalue weighted by atomic mass is 10.3. The summed E-state index contributed by atoms with van der Waals surface area (Å²) in [6.45, 7) is 6.87. The Morgan fingerprint density at radius 3 is 2.87 bits per heavy atom. The smallest absolute Gasteiger partial charge is 0.245 e. The van der Waals surface area contributed by atoms with Gasteiger partial charge >= 0.3 is 0 Å². The number of rotatable bonds is 5. The molecule has 0 aromatic heterocycles. The molecule has 0 atom stereocenters. The van der Waals surface area contributed by atoms with Crippen LogP contribution < -0.4 is 10.6 Å². The van der Waals surface area contributed by atoms with E-state index < -0.39 is 0 Å². The second-order valence-corrected chi connectivity index (χ2v) is 3.75. The fourth-order valence-electron chi connectivity index (χ4n) is 1.45. The molecule has 1 rings (SSSR count). The molecule has 0 saturated carbocycles. The van der Waals surface area contributed by atoms with Crippen LogP contribution in [0.5, 0.6) is 0 Å². The van der Waals surface area contributed by atoms with Crippen LogP contribution >= 0.6 is 0 Å². The molecule has 1 saturated heterocycles. The molecule has 1 amide bonds. The standard InChI is InChI=1S/C11H21N3O/c1-2-3-5-13-11(15)4-8-14-9-6-12-7-10-14/h4,8,12H,2-3,5-7,9-10H2,1H3,(H,13,15). The Hall–Kier alpha value is -1.03. The molecule has 4 heteroatoms. The van der Waals surface area contributed by atoms with Gasteiger partial charge in [0.15, 0.2) is 0 Å². The summed E-state index contributed by atoms with van der Waals surface area (Å²) >= 11 is 0. The Labute approximate surface area is 91.7 Å². The zero-order chi connectivity index (χ0) is 10.9. The topological polar surface area (TPSA) is 44.4 Å². The molecule has 1 fully saturated rings. The highest BCUT2D eigenvalue weighted by molar-refractivity contribution is 5.87. The van der Waals surface area contributed by atoms with Crippen molar-refractivity contribution in [3.63, 3.8) is 0 Å². The first-order chi connectivity index (χ1) is 7.33. The first kappa shape index (κ1) is 12.0. The number of nitrogens with zero attached hydrogens (tertiary/aromatic N) is 1. The number of carbonyl (C=O) groups is 1. The van der Waals surface area contributed by atoms with Crippen molar-refractivity contribution in [3.8, 4) is 0 Å². The van der Waals surface area contributed by atoms with Gasteiger partial charge in [0.25, 0.3) is 0 Å². The highest BCUT2D eigenvalue weighted by Gasteiger charge is 2.04. The number of piperazine rings is 1. The summed E-state index contributed by atoms with van der Waals surface area (Å²) in [5.41, 5.74) is 0. The third kappa shape index (κ3) is 5.42. The monoisotopic (exact) mass is 211 g/mol. The van der Waals surface area contributed by atoms with Crippen molar-refractivity contribution >= 4 is 5.91 Å². The maximum atomic E-state index is 11.3. The molecule has 1 aliphatic heterocycles. The summed E-state index contributed by atoms with van der Waals surface area (Å²) in [7, 11) is 0. The van der Waals surface area contributed by atoms with Crippen molar-refractivity contribution in [3.05, 3.63) is 12.3 Å². The van der Waals surface area contributed by atoms with Gasteiger partial charge in [-0.15, -0.1) is 0 Å². The second-order valence-electron chi connectivity index (χ2n) is 3.75. The SMILES string of the molecule is CCCCNC(=O)C=CN1CCNCC1. The molecule has 2 N–H and O–H groups in total. The van der Waals surface area contributed by atoms with Gasteiger partial charge in [-0.1, -0.05) is 13.3 Å². The summed E-state index contributed by atoms with van der Waals surface area (Å²) in [6.07, 6.45) is 5.68. The number of hydrogen-bond donors (Lipinski definition) is 2. The van der Waals surface area contributed by atoms with E-state index in [1.165, 1.54) is 0 Å². The van der Waals surface area contributed by atoms with Gasteiger partial charge in [0, 0.05) is 45.0 Å². The van der Waals surface area contributed by atoms with Gasteiger partial charge in [0.05, 0.1) is 0 Å². The fourth-order valence-corrected chi connectivity index (χ4v) is 1.45. The summed E-state index contributed by atoms with van der Waals surface area (Å²) in [6, 6.07) is 0. The molecular formula is C11H21N3O. The minimum Gasteiger partial charge on any atom is -0.375 e. The second kappa shape index (κ2) is 7.29. The predicted octanol–water partition coefficient (Wildman–Crippen LogP) is 0.322. The third-order valence-corrected chi connectivity index (χ3v) is 2.42. The number of nitrogens with one attached hydrogen (secondary N) is 2. The maximum absolute atomic E-state index is 11.3. The van der Waals surface area contributed by atoms with Crippen LogP contribution in [0.4, 0.5) is 0 Å². The minimum atomic E-state index is 0.0157. The van der Waals surface area contributed by atoms with Crippen molar-refractivity contribution < 1.29 is 4.79 Å². The van der Waals surface area contributed by atoms with E-state index in [0.29, 0.717) is 0 Å². The van der Waals surface area contributed by atoms with Crippen molar-refractivity contribution in [2.75, 3.05) is 32.7 Å². The highest BCUT2D eigenvalue weighted by atomic mass is 16.1. The molecule has 0 spiro atoms. The average molecular weight is 211 g/mol. The quantitative estimate of drug-likeness (QED) is 0.508. The number of amides is 1. The zero-order valence-corrected chi connectivity index (χ0v) is 9.46. The van der Waals surface area contributed by atoms with Crippen molar-refractivity contribution in [2.45, 2.75) is 19.8 Å². The van der Waals surface area contributed by atoms with E-state index in [9.17, 15) is 4.79 Å². The van der Waals surface area contributed by atoms with Crippen LogP contribution in [0.3, 0.4) is 0 Å². The van der Waals surface area contributed by atoms with E-state index in [2.05, 4.69) is 22.5 Å². The van der Waals surface area contributed by atoms with E-state index in [1.54, 1.807) is 6.08 Å². The zero-order valence-electron chi connectivity index (χ0n) is 9.46. The summed E-state index contributed by atoms with van der Waals surface area (Å²) in [5.74, 6) is 0.0157. The molecule has 0 aromatic carbocycles. The summed E-state index contributed by atoms with van der Waals surface area (Å²) in [5, 5.41) is 6.12. The Bertz CT molecular complexity index is 210. The minimum absolute atomic E-state index is 0.0157. The first-order valence-corrected chi connectivity index (χ1v) is 5.73. The van der Waals surface area contributed by atoms with Crippen LogP contribution in [0.15, 0.2) is 12.3 Å². The molecular weight excluding hydrogens is 190 g/mol. The lowest BCUT2D eigenvalue weighted by molar-refractivity contribution is -0.116. The van der Waals surface area contributed by atoms with Crippen LogP contribution in [0.2, 0.25) is 0 Å². The van der Waals surface area contributed by atoms with Crippen LogP contribution in [0.25, 0.3) is 0 Å². The molecule has 0 aromatic rings. The van der Waals surface area contributed by atoms with Gasteiger partial charge in [-0.05, 0) is 6.42 Å². The molecule has 0 aliphatic carbocycles. The lowest BCUT2D eigenvalue weighted by Crippen LogP contribution is -2.40. The Morgan fingerprint density at radius 1 is 1.47 bits per heavy atom. The van der Waals surface area contributed by atoms with E-state index in [1.807, 2.05) is 6.20 Å². The highest BCUT2D eigenvalue weighted by Crippen LogP contribution is 1.92. The van der Waals surface area contributed by atoms with Gasteiger partial charge in [0.1, 0.15) is 0 Å². The van der Waals surface area contributed by atoms with Crippen LogP contribution in [0.1, 0.15) is 19.8 Å².